The highest BCUT2D eigenvalue weighted by atomic mass is 16.4. The van der Waals surface area contributed by atoms with Gasteiger partial charge < -0.3 is 9.73 Å². The zero-order valence-electron chi connectivity index (χ0n) is 11.7. The van der Waals surface area contributed by atoms with Gasteiger partial charge in [-0.3, -0.25) is 9.69 Å². The summed E-state index contributed by atoms with van der Waals surface area (Å²) >= 11 is 0. The van der Waals surface area contributed by atoms with E-state index in [9.17, 15) is 4.79 Å². The van der Waals surface area contributed by atoms with Gasteiger partial charge in [0, 0.05) is 13.1 Å². The number of hydrogen-bond donors (Lipinski definition) is 1. The number of pyridine rings is 1. The summed E-state index contributed by atoms with van der Waals surface area (Å²) in [6.07, 6.45) is 1.63. The minimum absolute atomic E-state index is 0.137. The lowest BCUT2D eigenvalue weighted by atomic mass is 10.2. The number of amides is 1. The van der Waals surface area contributed by atoms with Crippen LogP contribution in [0.15, 0.2) is 28.8 Å². The van der Waals surface area contributed by atoms with Crippen LogP contribution in [0.3, 0.4) is 0 Å². The normalized spacial score (nSPS) is 12.4. The van der Waals surface area contributed by atoms with Crippen molar-refractivity contribution in [3.63, 3.8) is 0 Å². The highest BCUT2D eigenvalue weighted by molar-refractivity contribution is 5.93. The molecular formula is C13H17N5O2. The maximum absolute atomic E-state index is 12.1. The van der Waals surface area contributed by atoms with E-state index in [4.69, 9.17) is 4.42 Å². The Balaban J connectivity index is 1.92. The van der Waals surface area contributed by atoms with Gasteiger partial charge in [0.2, 0.25) is 17.7 Å². The molecule has 1 amide bonds. The Hall–Kier alpha value is -2.28. The van der Waals surface area contributed by atoms with Crippen LogP contribution in [0.2, 0.25) is 0 Å². The van der Waals surface area contributed by atoms with E-state index >= 15 is 0 Å². The Morgan fingerprint density at radius 2 is 2.25 bits per heavy atom. The van der Waals surface area contributed by atoms with Crippen LogP contribution in [0.5, 0.6) is 0 Å². The third-order valence-electron chi connectivity index (χ3n) is 2.91. The molecule has 1 unspecified atom stereocenters. The molecule has 20 heavy (non-hydrogen) atoms. The van der Waals surface area contributed by atoms with Gasteiger partial charge in [0.05, 0.1) is 12.6 Å². The van der Waals surface area contributed by atoms with E-state index in [2.05, 4.69) is 20.5 Å². The fourth-order valence-electron chi connectivity index (χ4n) is 1.62. The molecule has 1 atom stereocenters. The second kappa shape index (κ2) is 6.25. The number of carbonyl (C=O) groups is 1. The first kappa shape index (κ1) is 14.1. The van der Waals surface area contributed by atoms with E-state index in [-0.39, 0.29) is 11.9 Å². The largest absolute Gasteiger partial charge is 0.424 e. The summed E-state index contributed by atoms with van der Waals surface area (Å²) in [7, 11) is 1.82. The van der Waals surface area contributed by atoms with Gasteiger partial charge in [0.1, 0.15) is 5.82 Å². The van der Waals surface area contributed by atoms with Gasteiger partial charge in [-0.15, -0.1) is 10.2 Å². The molecular weight excluding hydrogens is 258 g/mol. The van der Waals surface area contributed by atoms with E-state index in [1.807, 2.05) is 24.9 Å². The number of hydrogen-bond acceptors (Lipinski definition) is 6. The number of nitrogens with one attached hydrogen (secondary N) is 1. The zero-order chi connectivity index (χ0) is 14.5. The number of aryl methyl sites for hydroxylation is 1. The maximum atomic E-state index is 12.1. The highest BCUT2D eigenvalue weighted by Gasteiger charge is 2.20. The Bertz CT molecular complexity index is 569. The van der Waals surface area contributed by atoms with E-state index in [1.165, 1.54) is 0 Å². The van der Waals surface area contributed by atoms with Crippen LogP contribution < -0.4 is 5.32 Å². The molecule has 0 bridgehead atoms. The van der Waals surface area contributed by atoms with Crippen molar-refractivity contribution < 1.29 is 9.21 Å². The Morgan fingerprint density at radius 1 is 1.45 bits per heavy atom. The smallest absolute Gasteiger partial charge is 0.242 e. The highest BCUT2D eigenvalue weighted by Crippen LogP contribution is 2.07. The summed E-state index contributed by atoms with van der Waals surface area (Å²) in [5.41, 5.74) is 0. The minimum Gasteiger partial charge on any atom is -0.424 e. The van der Waals surface area contributed by atoms with Crippen molar-refractivity contribution in [2.45, 2.75) is 26.4 Å². The fraction of sp³-hybridized carbons (Fsp3) is 0.385. The van der Waals surface area contributed by atoms with Gasteiger partial charge in [-0.25, -0.2) is 4.98 Å². The number of rotatable bonds is 5. The molecule has 0 aliphatic rings. The number of nitrogens with zero attached hydrogens (tertiary/aromatic N) is 4. The summed E-state index contributed by atoms with van der Waals surface area (Å²) < 4.78 is 5.29. The molecule has 106 valence electrons. The second-order valence-electron chi connectivity index (χ2n) is 4.51. The van der Waals surface area contributed by atoms with Crippen molar-refractivity contribution in [2.75, 3.05) is 12.4 Å². The number of likely N-dealkylation sites (N-methyl/N-ethyl adjacent to an activating group) is 1. The molecule has 0 fully saturated rings. The molecule has 0 aliphatic carbocycles. The summed E-state index contributed by atoms with van der Waals surface area (Å²) in [6, 6.07) is 5.01. The first-order valence-corrected chi connectivity index (χ1v) is 6.27. The quantitative estimate of drug-likeness (QED) is 0.883. The first-order valence-electron chi connectivity index (χ1n) is 6.27. The van der Waals surface area contributed by atoms with E-state index in [0.29, 0.717) is 24.1 Å². The molecule has 2 aromatic heterocycles. The molecule has 0 saturated carbocycles. The standard InChI is InChI=1S/C13H17N5O2/c1-9(13(19)15-11-6-4-5-7-14-11)18(3)8-12-17-16-10(2)20-12/h4-7,9H,8H2,1-3H3,(H,14,15,19). The lowest BCUT2D eigenvalue weighted by Gasteiger charge is -2.21. The van der Waals surface area contributed by atoms with Gasteiger partial charge in [-0.2, -0.15) is 0 Å². The van der Waals surface area contributed by atoms with Crippen LogP contribution in [-0.2, 0) is 11.3 Å². The number of carbonyl (C=O) groups excluding carboxylic acids is 1. The molecule has 0 radical (unpaired) electrons. The van der Waals surface area contributed by atoms with Gasteiger partial charge in [0.15, 0.2) is 0 Å². The van der Waals surface area contributed by atoms with Crippen LogP contribution in [-0.4, -0.2) is 39.1 Å². The molecule has 0 aromatic carbocycles. The van der Waals surface area contributed by atoms with E-state index in [1.54, 1.807) is 25.3 Å². The van der Waals surface area contributed by atoms with Gasteiger partial charge in [0.25, 0.3) is 0 Å². The van der Waals surface area contributed by atoms with Crippen molar-refractivity contribution in [1.82, 2.24) is 20.1 Å². The Labute approximate surface area is 117 Å². The topological polar surface area (TPSA) is 84.2 Å². The molecule has 0 spiro atoms. The molecule has 2 heterocycles. The van der Waals surface area contributed by atoms with Gasteiger partial charge in [-0.1, -0.05) is 6.07 Å². The predicted octanol–water partition coefficient (Wildman–Crippen LogP) is 1.23. The van der Waals surface area contributed by atoms with Crippen LogP contribution in [0.1, 0.15) is 18.7 Å². The summed E-state index contributed by atoms with van der Waals surface area (Å²) in [6.45, 7) is 3.95. The molecule has 2 aromatic rings. The zero-order valence-corrected chi connectivity index (χ0v) is 11.7. The van der Waals surface area contributed by atoms with Crippen molar-refractivity contribution in [3.05, 3.63) is 36.2 Å². The summed E-state index contributed by atoms with van der Waals surface area (Å²) in [5, 5.41) is 10.4. The van der Waals surface area contributed by atoms with Crippen LogP contribution in [0.25, 0.3) is 0 Å². The monoisotopic (exact) mass is 275 g/mol. The summed E-state index contributed by atoms with van der Waals surface area (Å²) in [5.74, 6) is 1.40. The Morgan fingerprint density at radius 3 is 2.85 bits per heavy atom. The van der Waals surface area contributed by atoms with Crippen molar-refractivity contribution in [3.8, 4) is 0 Å². The van der Waals surface area contributed by atoms with E-state index in [0.717, 1.165) is 0 Å². The third kappa shape index (κ3) is 3.61. The van der Waals surface area contributed by atoms with Gasteiger partial charge >= 0.3 is 0 Å². The molecule has 0 saturated heterocycles. The van der Waals surface area contributed by atoms with Crippen molar-refractivity contribution >= 4 is 11.7 Å². The maximum Gasteiger partial charge on any atom is 0.242 e. The lowest BCUT2D eigenvalue weighted by Crippen LogP contribution is -2.39. The van der Waals surface area contributed by atoms with Crippen LogP contribution in [0, 0.1) is 6.92 Å². The average Bonchev–Trinajstić information content (AvgIpc) is 2.84. The van der Waals surface area contributed by atoms with Gasteiger partial charge in [-0.05, 0) is 26.1 Å². The number of aromatic nitrogens is 3. The van der Waals surface area contributed by atoms with Crippen molar-refractivity contribution in [1.29, 1.82) is 0 Å². The molecule has 2 rings (SSSR count). The minimum atomic E-state index is -0.343. The lowest BCUT2D eigenvalue weighted by molar-refractivity contribution is -0.120. The first-order chi connectivity index (χ1) is 9.56. The summed E-state index contributed by atoms with van der Waals surface area (Å²) in [4.78, 5) is 18.0. The van der Waals surface area contributed by atoms with Crippen LogP contribution in [0.4, 0.5) is 5.82 Å². The Kier molecular flexibility index (Phi) is 4.41. The van der Waals surface area contributed by atoms with E-state index < -0.39 is 0 Å². The third-order valence-corrected chi connectivity index (χ3v) is 2.91. The molecule has 7 heteroatoms. The fourth-order valence-corrected chi connectivity index (χ4v) is 1.62. The van der Waals surface area contributed by atoms with Crippen molar-refractivity contribution in [2.24, 2.45) is 0 Å². The molecule has 7 nitrogen and oxygen atoms in total. The average molecular weight is 275 g/mol. The van der Waals surface area contributed by atoms with Crippen LogP contribution >= 0.6 is 0 Å². The predicted molar refractivity (Wildman–Crippen MR) is 72.8 cm³/mol. The molecule has 1 N–H and O–H groups in total. The second-order valence-corrected chi connectivity index (χ2v) is 4.51. The SMILES string of the molecule is Cc1nnc(CN(C)C(C)C(=O)Nc2ccccn2)o1. The molecule has 0 aliphatic heterocycles. The number of anilines is 1.